The van der Waals surface area contributed by atoms with Crippen LogP contribution in [0.1, 0.15) is 53.0 Å². The van der Waals surface area contributed by atoms with Crippen molar-refractivity contribution in [2.24, 2.45) is 13.0 Å². The molecule has 0 saturated heterocycles. The number of imidazole rings is 1. The van der Waals surface area contributed by atoms with Gasteiger partial charge >= 0.3 is 5.69 Å². The number of carbonyl (C=O) groups is 1. The van der Waals surface area contributed by atoms with Crippen LogP contribution in [0.25, 0.3) is 33.2 Å². The van der Waals surface area contributed by atoms with Crippen molar-refractivity contribution in [2.45, 2.75) is 43.7 Å². The molecule has 1 amide bonds. The number of aryl methyl sites for hydroxylation is 1. The van der Waals surface area contributed by atoms with Crippen LogP contribution in [0.15, 0.2) is 41.2 Å². The predicted octanol–water partition coefficient (Wildman–Crippen LogP) is 5.55. The number of anilines is 1. The van der Waals surface area contributed by atoms with Crippen LogP contribution in [0.3, 0.4) is 0 Å². The summed E-state index contributed by atoms with van der Waals surface area (Å²) in [5.74, 6) is -8.47. The number of pyridine rings is 1. The van der Waals surface area contributed by atoms with Crippen LogP contribution >= 0.6 is 11.6 Å². The van der Waals surface area contributed by atoms with Crippen LogP contribution in [0, 0.1) is 17.6 Å². The number of aromatic nitrogens is 7. The number of sulfonamides is 1. The summed E-state index contributed by atoms with van der Waals surface area (Å²) in [7, 11) is -2.33. The van der Waals surface area contributed by atoms with Gasteiger partial charge in [-0.05, 0) is 48.6 Å². The molecule has 1 saturated carbocycles. The molecule has 4 aromatic heterocycles. The highest BCUT2D eigenvalue weighted by molar-refractivity contribution is 7.92. The molecule has 54 heavy (non-hydrogen) atoms. The minimum Gasteiger partial charge on any atom is -0.346 e. The highest BCUT2D eigenvalue weighted by atomic mass is 35.5. The highest BCUT2D eigenvalue weighted by Gasteiger charge is 2.67. The van der Waals surface area contributed by atoms with Crippen molar-refractivity contribution in [2.75, 3.05) is 11.0 Å². The number of fused-ring (bicyclic) bond motifs is 5. The minimum atomic E-state index is -3.84. The highest BCUT2D eigenvalue weighted by Crippen LogP contribution is 2.68. The van der Waals surface area contributed by atoms with Crippen LogP contribution < -0.4 is 15.7 Å². The fraction of sp³-hybridized carbons (Fsp3) is 0.303. The number of halogens is 7. The molecule has 4 heterocycles. The summed E-state index contributed by atoms with van der Waals surface area (Å²) in [5, 5.41) is 10.9. The Morgan fingerprint density at radius 3 is 2.48 bits per heavy atom. The van der Waals surface area contributed by atoms with Gasteiger partial charge in [-0.3, -0.25) is 23.9 Å². The van der Waals surface area contributed by atoms with E-state index in [4.69, 9.17) is 11.6 Å². The van der Waals surface area contributed by atoms with E-state index in [-0.39, 0.29) is 68.1 Å². The first-order valence-corrected chi connectivity index (χ1v) is 18.4. The Labute approximate surface area is 304 Å². The maximum Gasteiger partial charge on any atom is 0.325 e. The molecule has 4 N–H and O–H groups in total. The van der Waals surface area contributed by atoms with Crippen LogP contribution in [0.5, 0.6) is 0 Å². The van der Waals surface area contributed by atoms with Crippen molar-refractivity contribution in [3.63, 3.8) is 0 Å². The number of alkyl halides is 4. The second kappa shape index (κ2) is 12.3. The number of amides is 1. The first kappa shape index (κ1) is 35.6. The molecule has 0 aliphatic heterocycles. The van der Waals surface area contributed by atoms with Crippen molar-refractivity contribution in [3.05, 3.63) is 91.7 Å². The molecule has 0 unspecified atom stereocenters. The molecular weight excluding hydrogens is 768 g/mol. The van der Waals surface area contributed by atoms with Gasteiger partial charge in [-0.1, -0.05) is 17.7 Å². The Kier molecular flexibility index (Phi) is 8.14. The van der Waals surface area contributed by atoms with E-state index in [0.717, 1.165) is 18.4 Å². The Balaban J connectivity index is 1.28. The normalized spacial score (nSPS) is 18.0. The molecule has 8 rings (SSSR count). The van der Waals surface area contributed by atoms with Crippen LogP contribution in [0.4, 0.5) is 32.2 Å². The predicted molar refractivity (Wildman–Crippen MR) is 183 cm³/mol. The summed E-state index contributed by atoms with van der Waals surface area (Å²) >= 11 is 6.55. The van der Waals surface area contributed by atoms with E-state index >= 15 is 8.78 Å². The van der Waals surface area contributed by atoms with Crippen molar-refractivity contribution in [3.8, 4) is 11.1 Å². The van der Waals surface area contributed by atoms with Crippen LogP contribution in [-0.4, -0.2) is 55.1 Å². The third kappa shape index (κ3) is 6.05. The van der Waals surface area contributed by atoms with E-state index in [0.29, 0.717) is 16.3 Å². The SMILES string of the molecule is Cn1nc(NS(C)(=O)=O)c2c(Cl)ccc(-c3cc4[nH]c(=O)[nH]c4nc3[C@H](Cc3cc(F)cc(F)c3)NC(=O)Cn3nc(C(F)F)c4c3C(F)(F)[C@@H]3C[C@H]43)c21. The fourth-order valence-electron chi connectivity index (χ4n) is 7.44. The molecule has 282 valence electrons. The molecule has 2 aromatic carbocycles. The molecule has 3 atom stereocenters. The Morgan fingerprint density at radius 1 is 1.07 bits per heavy atom. The lowest BCUT2D eigenvalue weighted by atomic mass is 9.94. The molecule has 0 bridgehead atoms. The van der Waals surface area contributed by atoms with E-state index in [1.54, 1.807) is 6.07 Å². The maximum atomic E-state index is 15.3. The molecule has 21 heteroatoms. The smallest absolute Gasteiger partial charge is 0.325 e. The first-order valence-electron chi connectivity index (χ1n) is 16.2. The van der Waals surface area contributed by atoms with E-state index in [1.807, 2.05) is 0 Å². The van der Waals surface area contributed by atoms with Gasteiger partial charge in [-0.15, -0.1) is 0 Å². The van der Waals surface area contributed by atoms with Crippen molar-refractivity contribution < 1.29 is 39.6 Å². The number of nitrogens with zero attached hydrogens (tertiary/aromatic N) is 5. The summed E-state index contributed by atoms with van der Waals surface area (Å²) in [6.45, 7) is -0.926. The first-order chi connectivity index (χ1) is 25.4. The van der Waals surface area contributed by atoms with Gasteiger partial charge in [0, 0.05) is 35.7 Å². The van der Waals surface area contributed by atoms with Gasteiger partial charge in [0.1, 0.15) is 29.6 Å². The summed E-state index contributed by atoms with van der Waals surface area (Å²) in [4.78, 5) is 36.0. The summed E-state index contributed by atoms with van der Waals surface area (Å²) < 4.78 is 116. The number of H-pyrrole nitrogens is 2. The van der Waals surface area contributed by atoms with Gasteiger partial charge in [0.2, 0.25) is 15.9 Å². The van der Waals surface area contributed by atoms with Crippen LogP contribution in [0.2, 0.25) is 5.02 Å². The second-order valence-electron chi connectivity index (χ2n) is 13.3. The monoisotopic (exact) mass is 793 g/mol. The van der Waals surface area contributed by atoms with Crippen LogP contribution in [-0.2, 0) is 40.8 Å². The third-order valence-corrected chi connectivity index (χ3v) is 10.4. The molecule has 13 nitrogen and oxygen atoms in total. The fourth-order valence-corrected chi connectivity index (χ4v) is 8.17. The summed E-state index contributed by atoms with van der Waals surface area (Å²) in [6, 6.07) is 5.79. The lowest BCUT2D eigenvalue weighted by Gasteiger charge is -2.23. The largest absolute Gasteiger partial charge is 0.346 e. The zero-order valence-electron chi connectivity index (χ0n) is 27.8. The lowest BCUT2D eigenvalue weighted by Crippen LogP contribution is -2.35. The van der Waals surface area contributed by atoms with E-state index in [2.05, 4.69) is 35.2 Å². The van der Waals surface area contributed by atoms with Crippen molar-refractivity contribution in [1.29, 1.82) is 0 Å². The second-order valence-corrected chi connectivity index (χ2v) is 15.5. The number of benzene rings is 2. The summed E-state index contributed by atoms with van der Waals surface area (Å²) in [5.41, 5.74) is -1.54. The van der Waals surface area contributed by atoms with Gasteiger partial charge in [0.05, 0.1) is 39.4 Å². The number of hydrogen-bond acceptors (Lipinski definition) is 7. The number of aromatic amines is 2. The average molecular weight is 794 g/mol. The molecular formula is C33H26ClF6N9O4S. The molecule has 0 radical (unpaired) electrons. The van der Waals surface area contributed by atoms with Gasteiger partial charge in [-0.2, -0.15) is 19.0 Å². The molecule has 2 aliphatic carbocycles. The number of carbonyl (C=O) groups excluding carboxylic acids is 1. The average Bonchev–Trinajstić information content (AvgIpc) is 3.37. The zero-order valence-corrected chi connectivity index (χ0v) is 29.4. The van der Waals surface area contributed by atoms with Gasteiger partial charge in [0.15, 0.2) is 11.5 Å². The van der Waals surface area contributed by atoms with E-state index in [1.165, 1.54) is 23.9 Å². The van der Waals surface area contributed by atoms with E-state index in [9.17, 15) is 35.6 Å². The zero-order chi connectivity index (χ0) is 38.6. The Hall–Kier alpha value is -5.37. The quantitative estimate of drug-likeness (QED) is 0.132. The molecule has 1 fully saturated rings. The Morgan fingerprint density at radius 2 is 1.80 bits per heavy atom. The van der Waals surface area contributed by atoms with Crippen molar-refractivity contribution >= 4 is 55.4 Å². The van der Waals surface area contributed by atoms with Gasteiger partial charge in [-0.25, -0.2) is 35.8 Å². The molecule has 0 spiro atoms. The third-order valence-electron chi connectivity index (χ3n) is 9.53. The standard InChI is InChI=1S/C33H26ClF6N9O4S/c1-48-27-15(3-4-19(34)24(27)31(46-48)47-54(2,52)53)16-10-21-30(44-32(51)42-21)43-25(16)20(7-12-5-13(35)8-14(36)6-12)41-22(50)11-49-28-23(26(45-49)29(37)38)17-9-18(17)33(28,39)40/h3-6,8,10,17-18,20,29H,7,9,11H2,1-2H3,(H,41,50)(H,46,47)(H2,42,43,44,51)/t17-,18+,20-/m0/s1. The minimum absolute atomic E-state index is 0.00315. The lowest BCUT2D eigenvalue weighted by molar-refractivity contribution is -0.123. The Bertz CT molecular complexity index is 2710. The molecule has 6 aromatic rings. The van der Waals surface area contributed by atoms with Crippen molar-refractivity contribution in [1.82, 2.24) is 39.8 Å². The maximum absolute atomic E-state index is 15.3. The number of hydrogen-bond donors (Lipinski definition) is 4. The number of rotatable bonds is 10. The van der Waals surface area contributed by atoms with Gasteiger partial charge in [0.25, 0.3) is 12.3 Å². The van der Waals surface area contributed by atoms with E-state index < -0.39 is 81.4 Å². The summed E-state index contributed by atoms with van der Waals surface area (Å²) in [6.07, 6.45) is -2.60. The number of nitrogens with one attached hydrogen (secondary N) is 4. The topological polar surface area (TPSA) is 172 Å². The molecule has 2 aliphatic rings. The van der Waals surface area contributed by atoms with Gasteiger partial charge < -0.3 is 10.3 Å².